The third kappa shape index (κ3) is 4.57. The summed E-state index contributed by atoms with van der Waals surface area (Å²) in [7, 11) is 0. The SMILES string of the molecule is CC(N[C@H](CC(=O)O)C(C)C)c1ccccc1. The zero-order chi connectivity index (χ0) is 12.8. The maximum atomic E-state index is 10.8. The standard InChI is InChI=1S/C14H21NO2/c1-10(2)13(9-14(16)17)15-11(3)12-7-5-4-6-8-12/h4-8,10-11,13,15H,9H2,1-3H3,(H,16,17)/t11?,13-/m1/s1. The van der Waals surface area contributed by atoms with Gasteiger partial charge in [0, 0.05) is 12.1 Å². The van der Waals surface area contributed by atoms with Crippen molar-refractivity contribution >= 4 is 5.97 Å². The van der Waals surface area contributed by atoms with E-state index in [-0.39, 0.29) is 18.5 Å². The normalized spacial score (nSPS) is 14.6. The first-order valence-electron chi connectivity index (χ1n) is 6.03. The van der Waals surface area contributed by atoms with Crippen molar-refractivity contribution in [2.75, 3.05) is 0 Å². The fraction of sp³-hybridized carbons (Fsp3) is 0.500. The Labute approximate surface area is 103 Å². The van der Waals surface area contributed by atoms with Gasteiger partial charge in [-0.25, -0.2) is 0 Å². The molecule has 3 nitrogen and oxygen atoms in total. The minimum atomic E-state index is -0.753. The number of carboxylic acid groups (broad SMARTS) is 1. The zero-order valence-corrected chi connectivity index (χ0v) is 10.7. The van der Waals surface area contributed by atoms with Crippen molar-refractivity contribution in [1.82, 2.24) is 5.32 Å². The van der Waals surface area contributed by atoms with Crippen molar-refractivity contribution in [3.8, 4) is 0 Å². The first-order chi connectivity index (χ1) is 8.00. The van der Waals surface area contributed by atoms with Crippen molar-refractivity contribution in [2.24, 2.45) is 5.92 Å². The Kier molecular flexibility index (Phi) is 5.16. The molecule has 1 rings (SSSR count). The molecule has 0 aliphatic rings. The number of nitrogens with one attached hydrogen (secondary N) is 1. The Balaban J connectivity index is 2.64. The maximum Gasteiger partial charge on any atom is 0.304 e. The fourth-order valence-corrected chi connectivity index (χ4v) is 1.83. The molecule has 1 unspecified atom stereocenters. The highest BCUT2D eigenvalue weighted by molar-refractivity contribution is 5.67. The van der Waals surface area contributed by atoms with Crippen LogP contribution in [-0.2, 0) is 4.79 Å². The lowest BCUT2D eigenvalue weighted by Crippen LogP contribution is -2.37. The smallest absolute Gasteiger partial charge is 0.304 e. The van der Waals surface area contributed by atoms with Crippen LogP contribution in [-0.4, -0.2) is 17.1 Å². The van der Waals surface area contributed by atoms with Crippen LogP contribution in [0.3, 0.4) is 0 Å². The predicted octanol–water partition coefficient (Wildman–Crippen LogP) is 2.84. The van der Waals surface area contributed by atoms with Gasteiger partial charge in [-0.15, -0.1) is 0 Å². The van der Waals surface area contributed by atoms with E-state index < -0.39 is 5.97 Å². The molecule has 1 aromatic rings. The van der Waals surface area contributed by atoms with Crippen LogP contribution in [0.25, 0.3) is 0 Å². The van der Waals surface area contributed by atoms with Gasteiger partial charge in [0.1, 0.15) is 0 Å². The lowest BCUT2D eigenvalue weighted by Gasteiger charge is -2.25. The van der Waals surface area contributed by atoms with E-state index in [2.05, 4.69) is 24.4 Å². The first-order valence-corrected chi connectivity index (χ1v) is 6.03. The van der Waals surface area contributed by atoms with E-state index >= 15 is 0 Å². The highest BCUT2D eigenvalue weighted by Crippen LogP contribution is 2.16. The van der Waals surface area contributed by atoms with Gasteiger partial charge in [-0.1, -0.05) is 44.2 Å². The van der Waals surface area contributed by atoms with Gasteiger partial charge in [-0.3, -0.25) is 4.79 Å². The third-order valence-electron chi connectivity index (χ3n) is 2.96. The monoisotopic (exact) mass is 235 g/mol. The van der Waals surface area contributed by atoms with E-state index in [0.717, 1.165) is 0 Å². The highest BCUT2D eigenvalue weighted by atomic mass is 16.4. The second-order valence-corrected chi connectivity index (χ2v) is 4.75. The molecule has 2 atom stereocenters. The van der Waals surface area contributed by atoms with Gasteiger partial charge < -0.3 is 10.4 Å². The highest BCUT2D eigenvalue weighted by Gasteiger charge is 2.19. The number of aliphatic carboxylic acids is 1. The lowest BCUT2D eigenvalue weighted by atomic mass is 9.98. The molecule has 0 bridgehead atoms. The fourth-order valence-electron chi connectivity index (χ4n) is 1.83. The summed E-state index contributed by atoms with van der Waals surface area (Å²) >= 11 is 0. The molecule has 0 spiro atoms. The maximum absolute atomic E-state index is 10.8. The lowest BCUT2D eigenvalue weighted by molar-refractivity contribution is -0.137. The predicted molar refractivity (Wildman–Crippen MR) is 68.9 cm³/mol. The van der Waals surface area contributed by atoms with Crippen molar-refractivity contribution in [2.45, 2.75) is 39.3 Å². The Morgan fingerprint density at radius 2 is 1.82 bits per heavy atom. The van der Waals surface area contributed by atoms with Crippen molar-refractivity contribution in [1.29, 1.82) is 0 Å². The molecule has 0 aliphatic carbocycles. The topological polar surface area (TPSA) is 49.3 Å². The average Bonchev–Trinajstić information content (AvgIpc) is 2.28. The Morgan fingerprint density at radius 1 is 1.24 bits per heavy atom. The van der Waals surface area contributed by atoms with E-state index in [1.807, 2.05) is 32.0 Å². The number of carbonyl (C=O) groups is 1. The van der Waals surface area contributed by atoms with Crippen LogP contribution in [0.5, 0.6) is 0 Å². The van der Waals surface area contributed by atoms with Gasteiger partial charge in [0.05, 0.1) is 6.42 Å². The second kappa shape index (κ2) is 6.40. The largest absolute Gasteiger partial charge is 0.481 e. The molecule has 0 amide bonds. The van der Waals surface area contributed by atoms with Crippen LogP contribution in [0.4, 0.5) is 0 Å². The van der Waals surface area contributed by atoms with Crippen LogP contribution in [0.15, 0.2) is 30.3 Å². The van der Waals surface area contributed by atoms with Crippen molar-refractivity contribution in [3.05, 3.63) is 35.9 Å². The van der Waals surface area contributed by atoms with Gasteiger partial charge in [-0.05, 0) is 18.4 Å². The second-order valence-electron chi connectivity index (χ2n) is 4.75. The Hall–Kier alpha value is -1.35. The van der Waals surface area contributed by atoms with E-state index in [1.54, 1.807) is 0 Å². The summed E-state index contributed by atoms with van der Waals surface area (Å²) < 4.78 is 0. The molecule has 0 saturated heterocycles. The number of benzene rings is 1. The molecule has 0 fully saturated rings. The van der Waals surface area contributed by atoms with Crippen LogP contribution in [0.1, 0.15) is 38.8 Å². The minimum Gasteiger partial charge on any atom is -0.481 e. The van der Waals surface area contributed by atoms with Gasteiger partial charge in [-0.2, -0.15) is 0 Å². The van der Waals surface area contributed by atoms with Gasteiger partial charge in [0.15, 0.2) is 0 Å². The van der Waals surface area contributed by atoms with E-state index in [1.165, 1.54) is 5.56 Å². The minimum absolute atomic E-state index is 0.00251. The number of rotatable bonds is 6. The quantitative estimate of drug-likeness (QED) is 0.797. The van der Waals surface area contributed by atoms with Crippen molar-refractivity contribution in [3.63, 3.8) is 0 Å². The molecule has 0 heterocycles. The number of carboxylic acids is 1. The molecular formula is C14H21NO2. The molecule has 94 valence electrons. The molecule has 3 heteroatoms. The summed E-state index contributed by atoms with van der Waals surface area (Å²) in [5.74, 6) is -0.450. The third-order valence-corrected chi connectivity index (χ3v) is 2.96. The Bertz CT molecular complexity index is 348. The molecular weight excluding hydrogens is 214 g/mol. The first kappa shape index (κ1) is 13.7. The molecule has 0 saturated carbocycles. The van der Waals surface area contributed by atoms with Gasteiger partial charge >= 0.3 is 5.97 Å². The van der Waals surface area contributed by atoms with Gasteiger partial charge in [0.2, 0.25) is 0 Å². The summed E-state index contributed by atoms with van der Waals surface area (Å²) in [4.78, 5) is 10.8. The van der Waals surface area contributed by atoms with E-state index in [9.17, 15) is 4.79 Å². The molecule has 1 aromatic carbocycles. The summed E-state index contributed by atoms with van der Waals surface area (Å²) in [5, 5.41) is 12.3. The van der Waals surface area contributed by atoms with Crippen LogP contribution >= 0.6 is 0 Å². The summed E-state index contributed by atoms with van der Waals surface area (Å²) in [5.41, 5.74) is 1.18. The molecule has 2 N–H and O–H groups in total. The summed E-state index contributed by atoms with van der Waals surface area (Å²) in [6, 6.07) is 10.2. The van der Waals surface area contributed by atoms with Gasteiger partial charge in [0.25, 0.3) is 0 Å². The average molecular weight is 235 g/mol. The zero-order valence-electron chi connectivity index (χ0n) is 10.7. The Morgan fingerprint density at radius 3 is 2.29 bits per heavy atom. The van der Waals surface area contributed by atoms with E-state index in [4.69, 9.17) is 5.11 Å². The number of hydrogen-bond acceptors (Lipinski definition) is 2. The molecule has 0 aliphatic heterocycles. The molecule has 0 aromatic heterocycles. The van der Waals surface area contributed by atoms with Crippen molar-refractivity contribution < 1.29 is 9.90 Å². The van der Waals surface area contributed by atoms with Crippen LogP contribution < -0.4 is 5.32 Å². The molecule has 17 heavy (non-hydrogen) atoms. The van der Waals surface area contributed by atoms with Crippen LogP contribution in [0, 0.1) is 5.92 Å². The summed E-state index contributed by atoms with van der Waals surface area (Å²) in [6.07, 6.45) is 0.162. The van der Waals surface area contributed by atoms with Crippen LogP contribution in [0.2, 0.25) is 0 Å². The van der Waals surface area contributed by atoms with E-state index in [0.29, 0.717) is 5.92 Å². The molecule has 0 radical (unpaired) electrons. The number of hydrogen-bond donors (Lipinski definition) is 2. The summed E-state index contributed by atoms with van der Waals surface area (Å²) in [6.45, 7) is 6.14.